The monoisotopic (exact) mass is 456 g/mol. The maximum Gasteiger partial charge on any atom is 0.341 e. The second kappa shape index (κ2) is 9.29. The molecule has 1 fully saturated rings. The molecule has 0 saturated carbocycles. The summed E-state index contributed by atoms with van der Waals surface area (Å²) < 4.78 is 30.6. The van der Waals surface area contributed by atoms with Gasteiger partial charge >= 0.3 is 5.97 Å². The minimum absolute atomic E-state index is 0.110. The molecule has 2 aromatic rings. The molecule has 2 heterocycles. The molecule has 2 aromatic carbocycles. The fourth-order valence-corrected chi connectivity index (χ4v) is 4.39. The minimum Gasteiger partial charge on any atom is -0.496 e. The number of nitrogens with zero attached hydrogens (tertiary/aromatic N) is 2. The number of hydrogen-bond acceptors (Lipinski definition) is 6. The number of halogens is 1. The molecule has 0 atom stereocenters. The lowest BCUT2D eigenvalue weighted by molar-refractivity contribution is 0.0419. The first kappa shape index (κ1) is 22.9. The third kappa shape index (κ3) is 4.47. The number of hydrogen-bond donors (Lipinski definition) is 0. The van der Waals surface area contributed by atoms with Crippen molar-refractivity contribution < 1.29 is 28.2 Å². The molecule has 8 heteroatoms. The van der Waals surface area contributed by atoms with Crippen LogP contribution in [0.25, 0.3) is 0 Å². The Morgan fingerprint density at radius 3 is 2.52 bits per heavy atom. The molecule has 4 rings (SSSR count). The lowest BCUT2D eigenvalue weighted by atomic mass is 9.90. The number of carbonyl (C=O) groups excluding carboxylic acids is 2. The summed E-state index contributed by atoms with van der Waals surface area (Å²) in [4.78, 5) is 28.8. The van der Waals surface area contributed by atoms with Crippen molar-refractivity contribution in [2.24, 2.45) is 0 Å². The highest BCUT2D eigenvalue weighted by Gasteiger charge is 2.34. The first-order chi connectivity index (χ1) is 15.9. The lowest BCUT2D eigenvalue weighted by Gasteiger charge is -2.36. The maximum atomic E-state index is 14.5. The van der Waals surface area contributed by atoms with Gasteiger partial charge in [-0.15, -0.1) is 0 Å². The van der Waals surface area contributed by atoms with Crippen molar-refractivity contribution in [2.45, 2.75) is 31.9 Å². The van der Waals surface area contributed by atoms with Crippen LogP contribution in [0.5, 0.6) is 11.5 Å². The third-order valence-corrected chi connectivity index (χ3v) is 6.55. The first-order valence-electron chi connectivity index (χ1n) is 11.2. The molecule has 0 aromatic heterocycles. The highest BCUT2D eigenvalue weighted by molar-refractivity contribution is 5.96. The van der Waals surface area contributed by atoms with E-state index >= 15 is 0 Å². The number of rotatable bonds is 5. The van der Waals surface area contributed by atoms with Crippen LogP contribution in [0.3, 0.4) is 0 Å². The number of ether oxygens (including phenoxy) is 3. The zero-order valence-corrected chi connectivity index (χ0v) is 19.2. The van der Waals surface area contributed by atoms with E-state index in [9.17, 15) is 14.0 Å². The second-order valence-electron chi connectivity index (χ2n) is 8.36. The van der Waals surface area contributed by atoms with E-state index in [0.29, 0.717) is 68.1 Å². The molecule has 0 N–H and O–H groups in total. The van der Waals surface area contributed by atoms with Crippen LogP contribution in [0.1, 0.15) is 46.9 Å². The molecule has 176 valence electrons. The Kier molecular flexibility index (Phi) is 6.44. The van der Waals surface area contributed by atoms with Gasteiger partial charge in [-0.25, -0.2) is 9.18 Å². The number of alkyl halides is 1. The average Bonchev–Trinajstić information content (AvgIpc) is 2.87. The summed E-state index contributed by atoms with van der Waals surface area (Å²) in [5, 5.41) is 0. The highest BCUT2D eigenvalue weighted by atomic mass is 19.1. The number of benzene rings is 2. The van der Waals surface area contributed by atoms with Crippen molar-refractivity contribution >= 4 is 23.3 Å². The van der Waals surface area contributed by atoms with Gasteiger partial charge in [0.15, 0.2) is 0 Å². The van der Waals surface area contributed by atoms with E-state index in [1.165, 1.54) is 14.2 Å². The summed E-state index contributed by atoms with van der Waals surface area (Å²) in [5.74, 6) is 0.445. The Labute approximate surface area is 193 Å². The molecule has 33 heavy (non-hydrogen) atoms. The van der Waals surface area contributed by atoms with E-state index in [1.54, 1.807) is 29.2 Å². The Balaban J connectivity index is 1.57. The van der Waals surface area contributed by atoms with Gasteiger partial charge in [0.2, 0.25) is 0 Å². The molecule has 2 aliphatic heterocycles. The summed E-state index contributed by atoms with van der Waals surface area (Å²) in [7, 11) is 2.83. The molecule has 1 amide bonds. The summed E-state index contributed by atoms with van der Waals surface area (Å²) in [6.07, 6.45) is 1.21. The quantitative estimate of drug-likeness (QED) is 0.623. The van der Waals surface area contributed by atoms with Gasteiger partial charge in [0.1, 0.15) is 29.3 Å². The van der Waals surface area contributed by atoms with Crippen LogP contribution >= 0.6 is 0 Å². The van der Waals surface area contributed by atoms with Crippen molar-refractivity contribution in [2.75, 3.05) is 45.4 Å². The van der Waals surface area contributed by atoms with Gasteiger partial charge in [0.05, 0.1) is 26.5 Å². The number of fused-ring (bicyclic) bond motifs is 1. The number of esters is 1. The van der Waals surface area contributed by atoms with E-state index in [-0.39, 0.29) is 5.91 Å². The van der Waals surface area contributed by atoms with Gasteiger partial charge in [-0.2, -0.15) is 0 Å². The summed E-state index contributed by atoms with van der Waals surface area (Å²) >= 11 is 0. The summed E-state index contributed by atoms with van der Waals surface area (Å²) in [6, 6.07) is 10.7. The smallest absolute Gasteiger partial charge is 0.341 e. The van der Waals surface area contributed by atoms with Crippen LogP contribution in [0.15, 0.2) is 36.4 Å². The van der Waals surface area contributed by atoms with Crippen molar-refractivity contribution in [1.82, 2.24) is 4.90 Å². The van der Waals surface area contributed by atoms with Crippen LogP contribution in [0.2, 0.25) is 0 Å². The molecule has 1 saturated heterocycles. The van der Waals surface area contributed by atoms with Crippen molar-refractivity contribution in [3.63, 3.8) is 0 Å². The predicted octanol–water partition coefficient (Wildman–Crippen LogP) is 4.37. The topological polar surface area (TPSA) is 68.3 Å². The Hall–Kier alpha value is -3.29. The largest absolute Gasteiger partial charge is 0.496 e. The number of carbonyl (C=O) groups is 2. The van der Waals surface area contributed by atoms with E-state index < -0.39 is 11.6 Å². The minimum atomic E-state index is -1.17. The number of piperidine rings is 1. The molecule has 0 aliphatic carbocycles. The number of amides is 1. The SMILES string of the molecule is CCC1(F)CCN(C(=O)c2ccc3c(c2)OCCN3c2ccc(C(=O)OC)c(OC)c2)CC1. The highest BCUT2D eigenvalue weighted by Crippen LogP contribution is 2.39. The maximum absolute atomic E-state index is 14.5. The van der Waals surface area contributed by atoms with Crippen LogP contribution in [-0.4, -0.2) is 62.9 Å². The first-order valence-corrected chi connectivity index (χ1v) is 11.2. The second-order valence-corrected chi connectivity index (χ2v) is 8.36. The van der Waals surface area contributed by atoms with E-state index in [4.69, 9.17) is 14.2 Å². The van der Waals surface area contributed by atoms with Gasteiger partial charge in [0.25, 0.3) is 5.91 Å². The molecule has 0 radical (unpaired) electrons. The Bertz CT molecular complexity index is 1050. The van der Waals surface area contributed by atoms with Gasteiger partial charge < -0.3 is 24.0 Å². The van der Waals surface area contributed by atoms with E-state index in [0.717, 1.165) is 11.4 Å². The summed E-state index contributed by atoms with van der Waals surface area (Å²) in [5.41, 5.74) is 1.36. The number of anilines is 2. The van der Waals surface area contributed by atoms with Crippen LogP contribution < -0.4 is 14.4 Å². The standard InChI is InChI=1S/C25H29FN2O5/c1-4-25(26)9-11-27(12-10-25)23(29)17-5-8-20-22(15-17)33-14-13-28(20)18-6-7-19(24(30)32-3)21(16-18)31-2/h5-8,15-16H,4,9-14H2,1-3H3. The van der Waals surface area contributed by atoms with Crippen LogP contribution in [-0.2, 0) is 4.74 Å². The lowest BCUT2D eigenvalue weighted by Crippen LogP contribution is -2.44. The van der Waals surface area contributed by atoms with E-state index in [2.05, 4.69) is 4.90 Å². The molecular weight excluding hydrogens is 427 g/mol. The average molecular weight is 457 g/mol. The molecule has 2 aliphatic rings. The molecule has 7 nitrogen and oxygen atoms in total. The number of methoxy groups -OCH3 is 2. The van der Waals surface area contributed by atoms with Gasteiger partial charge in [-0.1, -0.05) is 6.92 Å². The van der Waals surface area contributed by atoms with Gasteiger partial charge in [-0.05, 0) is 49.6 Å². The van der Waals surface area contributed by atoms with Gasteiger partial charge in [-0.3, -0.25) is 4.79 Å². The molecule has 0 spiro atoms. The molecular formula is C25H29FN2O5. The zero-order valence-electron chi connectivity index (χ0n) is 19.2. The zero-order chi connectivity index (χ0) is 23.6. The van der Waals surface area contributed by atoms with Gasteiger partial charge in [0, 0.05) is 30.4 Å². The Morgan fingerprint density at radius 2 is 1.85 bits per heavy atom. The summed E-state index contributed by atoms with van der Waals surface area (Å²) in [6.45, 7) is 3.72. The fourth-order valence-electron chi connectivity index (χ4n) is 4.39. The predicted molar refractivity (Wildman–Crippen MR) is 123 cm³/mol. The van der Waals surface area contributed by atoms with Crippen LogP contribution in [0.4, 0.5) is 15.8 Å². The molecule has 0 bridgehead atoms. The third-order valence-electron chi connectivity index (χ3n) is 6.55. The van der Waals surface area contributed by atoms with Crippen LogP contribution in [0, 0.1) is 0 Å². The fraction of sp³-hybridized carbons (Fsp3) is 0.440. The van der Waals surface area contributed by atoms with Crippen molar-refractivity contribution in [3.8, 4) is 11.5 Å². The van der Waals surface area contributed by atoms with E-state index in [1.807, 2.05) is 19.1 Å². The Morgan fingerprint density at radius 1 is 1.09 bits per heavy atom. The van der Waals surface area contributed by atoms with Crippen molar-refractivity contribution in [3.05, 3.63) is 47.5 Å². The molecule has 0 unspecified atom stereocenters. The normalized spacial score (nSPS) is 17.1. The van der Waals surface area contributed by atoms with Crippen molar-refractivity contribution in [1.29, 1.82) is 0 Å². The number of likely N-dealkylation sites (tertiary alicyclic amines) is 1.